The number of nitrogens with one attached hydrogen (secondary N) is 1. The number of rotatable bonds is 4. The molecule has 0 fully saturated rings. The van der Waals surface area contributed by atoms with E-state index in [-0.39, 0.29) is 5.83 Å². The van der Waals surface area contributed by atoms with E-state index >= 15 is 0 Å². The van der Waals surface area contributed by atoms with Crippen LogP contribution >= 0.6 is 0 Å². The first-order chi connectivity index (χ1) is 5.17. The summed E-state index contributed by atoms with van der Waals surface area (Å²) in [4.78, 5) is 0. The van der Waals surface area contributed by atoms with Crippen LogP contribution in [0.3, 0.4) is 0 Å². The van der Waals surface area contributed by atoms with Crippen molar-refractivity contribution in [1.29, 1.82) is 5.41 Å². The molecule has 0 spiro atoms. The van der Waals surface area contributed by atoms with E-state index in [4.69, 9.17) is 5.41 Å². The molecule has 62 valence electrons. The summed E-state index contributed by atoms with van der Waals surface area (Å²) >= 11 is 0. The summed E-state index contributed by atoms with van der Waals surface area (Å²) in [5, 5.41) is 7.38. The van der Waals surface area contributed by atoms with Crippen LogP contribution in [0.25, 0.3) is 0 Å². The van der Waals surface area contributed by atoms with Crippen molar-refractivity contribution in [3.05, 3.63) is 24.1 Å². The second-order valence-electron chi connectivity index (χ2n) is 2.22. The topological polar surface area (TPSA) is 23.9 Å². The Morgan fingerprint density at radius 1 is 1.45 bits per heavy atom. The third-order valence-electron chi connectivity index (χ3n) is 1.54. The van der Waals surface area contributed by atoms with Gasteiger partial charge in [-0.25, -0.2) is 4.39 Å². The molecule has 2 heteroatoms. The minimum atomic E-state index is -0.362. The summed E-state index contributed by atoms with van der Waals surface area (Å²) in [5.74, 6) is -0.362. The third-order valence-corrected chi connectivity index (χ3v) is 1.54. The standard InChI is InChI=1S/C9H14FN/c1-4-7(8(10)5-2)9(11)6-3/h5,11H,2,4,6H2,1,3H3. The molecule has 0 bridgehead atoms. The minimum absolute atomic E-state index is 0.362. The van der Waals surface area contributed by atoms with Gasteiger partial charge in [0.1, 0.15) is 5.83 Å². The zero-order chi connectivity index (χ0) is 8.85. The van der Waals surface area contributed by atoms with Gasteiger partial charge >= 0.3 is 0 Å². The molecule has 11 heavy (non-hydrogen) atoms. The molecule has 0 aromatic heterocycles. The van der Waals surface area contributed by atoms with Gasteiger partial charge in [-0.1, -0.05) is 20.4 Å². The Hall–Kier alpha value is -0.920. The van der Waals surface area contributed by atoms with E-state index in [0.717, 1.165) is 6.08 Å². The van der Waals surface area contributed by atoms with E-state index in [1.807, 2.05) is 13.8 Å². The monoisotopic (exact) mass is 155 g/mol. The average Bonchev–Trinajstić information content (AvgIpc) is 2.05. The molecule has 1 nitrogen and oxygen atoms in total. The average molecular weight is 155 g/mol. The molecule has 0 aromatic rings. The van der Waals surface area contributed by atoms with Crippen LogP contribution in [-0.4, -0.2) is 5.71 Å². The highest BCUT2D eigenvalue weighted by Gasteiger charge is 2.05. The van der Waals surface area contributed by atoms with Crippen LogP contribution in [0.1, 0.15) is 26.7 Å². The van der Waals surface area contributed by atoms with Crippen LogP contribution in [-0.2, 0) is 0 Å². The molecule has 0 atom stereocenters. The van der Waals surface area contributed by atoms with Crippen molar-refractivity contribution in [2.24, 2.45) is 0 Å². The fraction of sp³-hybridized carbons (Fsp3) is 0.444. The van der Waals surface area contributed by atoms with Gasteiger partial charge in [-0.2, -0.15) is 0 Å². The molecule has 0 aromatic carbocycles. The summed E-state index contributed by atoms with van der Waals surface area (Å²) in [6.45, 7) is 6.99. The Bertz CT molecular complexity index is 192. The second kappa shape index (κ2) is 4.83. The van der Waals surface area contributed by atoms with E-state index in [9.17, 15) is 4.39 Å². The molecule has 0 unspecified atom stereocenters. The number of halogens is 1. The van der Waals surface area contributed by atoms with Gasteiger partial charge in [-0.05, 0) is 18.9 Å². The van der Waals surface area contributed by atoms with Gasteiger partial charge in [-0.15, -0.1) is 0 Å². The first-order valence-electron chi connectivity index (χ1n) is 3.76. The maximum absolute atomic E-state index is 12.9. The summed E-state index contributed by atoms with van der Waals surface area (Å²) in [7, 11) is 0. The van der Waals surface area contributed by atoms with Crippen LogP contribution < -0.4 is 0 Å². The summed E-state index contributed by atoms with van der Waals surface area (Å²) in [6.07, 6.45) is 2.29. The van der Waals surface area contributed by atoms with Crippen LogP contribution in [0.5, 0.6) is 0 Å². The van der Waals surface area contributed by atoms with Crippen molar-refractivity contribution in [3.8, 4) is 0 Å². The summed E-state index contributed by atoms with van der Waals surface area (Å²) in [6, 6.07) is 0. The maximum atomic E-state index is 12.9. The van der Waals surface area contributed by atoms with E-state index in [1.54, 1.807) is 0 Å². The van der Waals surface area contributed by atoms with Gasteiger partial charge in [0.25, 0.3) is 0 Å². The highest BCUT2D eigenvalue weighted by atomic mass is 19.1. The fourth-order valence-corrected chi connectivity index (χ4v) is 0.863. The summed E-state index contributed by atoms with van der Waals surface area (Å²) in [5.41, 5.74) is 0.840. The Morgan fingerprint density at radius 3 is 2.27 bits per heavy atom. The molecule has 0 saturated carbocycles. The number of allylic oxidation sites excluding steroid dienone is 3. The first-order valence-corrected chi connectivity index (χ1v) is 3.76. The molecular weight excluding hydrogens is 141 g/mol. The quantitative estimate of drug-likeness (QED) is 0.476. The fourth-order valence-electron chi connectivity index (χ4n) is 0.863. The molecule has 0 rings (SSSR count). The smallest absolute Gasteiger partial charge is 0.127 e. The molecule has 0 amide bonds. The van der Waals surface area contributed by atoms with Crippen molar-refractivity contribution in [3.63, 3.8) is 0 Å². The molecule has 0 aliphatic heterocycles. The van der Waals surface area contributed by atoms with Gasteiger partial charge in [0.05, 0.1) is 0 Å². The van der Waals surface area contributed by atoms with Crippen LogP contribution in [0.4, 0.5) is 4.39 Å². The SMILES string of the molecule is C=CC(F)=C(CC)C(=N)CC. The van der Waals surface area contributed by atoms with Crippen molar-refractivity contribution in [2.45, 2.75) is 26.7 Å². The van der Waals surface area contributed by atoms with Crippen molar-refractivity contribution in [2.75, 3.05) is 0 Å². The predicted molar refractivity (Wildman–Crippen MR) is 46.6 cm³/mol. The maximum Gasteiger partial charge on any atom is 0.127 e. The summed E-state index contributed by atoms with van der Waals surface area (Å²) < 4.78 is 12.9. The van der Waals surface area contributed by atoms with Crippen LogP contribution in [0.2, 0.25) is 0 Å². The van der Waals surface area contributed by atoms with Crippen molar-refractivity contribution < 1.29 is 4.39 Å². The van der Waals surface area contributed by atoms with Gasteiger partial charge in [-0.3, -0.25) is 0 Å². The highest BCUT2D eigenvalue weighted by molar-refractivity contribution is 5.98. The molecule has 0 aliphatic carbocycles. The predicted octanol–water partition coefficient (Wildman–Crippen LogP) is 3.24. The lowest BCUT2D eigenvalue weighted by Gasteiger charge is -2.03. The molecule has 0 radical (unpaired) electrons. The third kappa shape index (κ3) is 2.66. The largest absolute Gasteiger partial charge is 0.305 e. The van der Waals surface area contributed by atoms with E-state index in [1.165, 1.54) is 0 Å². The lowest BCUT2D eigenvalue weighted by molar-refractivity contribution is 0.655. The van der Waals surface area contributed by atoms with E-state index < -0.39 is 0 Å². The van der Waals surface area contributed by atoms with Gasteiger partial charge in [0.15, 0.2) is 0 Å². The molecular formula is C9H14FN. The Morgan fingerprint density at radius 2 is 2.00 bits per heavy atom. The molecule has 0 heterocycles. The van der Waals surface area contributed by atoms with E-state index in [2.05, 4.69) is 6.58 Å². The molecule has 1 N–H and O–H groups in total. The minimum Gasteiger partial charge on any atom is -0.305 e. The van der Waals surface area contributed by atoms with Gasteiger partial charge in [0.2, 0.25) is 0 Å². The lowest BCUT2D eigenvalue weighted by Crippen LogP contribution is -1.99. The van der Waals surface area contributed by atoms with Crippen molar-refractivity contribution >= 4 is 5.71 Å². The number of hydrogen-bond donors (Lipinski definition) is 1. The first kappa shape index (κ1) is 10.1. The normalized spacial score (nSPS) is 12.3. The van der Waals surface area contributed by atoms with Crippen molar-refractivity contribution in [1.82, 2.24) is 0 Å². The highest BCUT2D eigenvalue weighted by Crippen LogP contribution is 2.13. The molecule has 0 saturated heterocycles. The van der Waals surface area contributed by atoms with Gasteiger partial charge in [0, 0.05) is 11.3 Å². The second-order valence-corrected chi connectivity index (χ2v) is 2.22. The van der Waals surface area contributed by atoms with Crippen LogP contribution in [0.15, 0.2) is 24.1 Å². The zero-order valence-corrected chi connectivity index (χ0v) is 7.08. The zero-order valence-electron chi connectivity index (χ0n) is 7.08. The van der Waals surface area contributed by atoms with Crippen LogP contribution in [0, 0.1) is 5.41 Å². The number of hydrogen-bond acceptors (Lipinski definition) is 1. The lowest BCUT2D eigenvalue weighted by atomic mass is 10.1. The Labute approximate surface area is 67.1 Å². The Balaban J connectivity index is 4.64. The van der Waals surface area contributed by atoms with Gasteiger partial charge < -0.3 is 5.41 Å². The molecule has 0 aliphatic rings. The van der Waals surface area contributed by atoms with E-state index in [0.29, 0.717) is 24.1 Å². The Kier molecular flexibility index (Phi) is 4.42.